The first-order valence-corrected chi connectivity index (χ1v) is 10.2. The molecular formula is C18H19ClN2O4S. The van der Waals surface area contributed by atoms with Crippen molar-refractivity contribution < 1.29 is 17.9 Å². The average molecular weight is 395 g/mol. The van der Waals surface area contributed by atoms with Gasteiger partial charge in [-0.25, -0.2) is 8.42 Å². The first-order chi connectivity index (χ1) is 12.3. The number of rotatable bonds is 5. The van der Waals surface area contributed by atoms with Crippen molar-refractivity contribution in [2.75, 3.05) is 35.7 Å². The molecule has 8 heteroatoms. The fourth-order valence-corrected chi connectivity index (χ4v) is 4.06. The van der Waals surface area contributed by atoms with Crippen LogP contribution in [0, 0.1) is 0 Å². The van der Waals surface area contributed by atoms with Crippen LogP contribution in [0.4, 0.5) is 11.4 Å². The molecule has 2 aromatic rings. The van der Waals surface area contributed by atoms with E-state index in [-0.39, 0.29) is 18.1 Å². The molecule has 1 heterocycles. The number of anilines is 2. The summed E-state index contributed by atoms with van der Waals surface area (Å²) in [6, 6.07) is 12.3. The number of hydrogen-bond donors (Lipinski definition) is 0. The predicted octanol–water partition coefficient (Wildman–Crippen LogP) is 2.70. The van der Waals surface area contributed by atoms with Crippen molar-refractivity contribution in [2.45, 2.75) is 6.42 Å². The van der Waals surface area contributed by atoms with Crippen LogP contribution in [0.25, 0.3) is 0 Å². The third kappa shape index (κ3) is 3.64. The highest BCUT2D eigenvalue weighted by Gasteiger charge is 2.30. The van der Waals surface area contributed by atoms with Crippen molar-refractivity contribution in [2.24, 2.45) is 0 Å². The van der Waals surface area contributed by atoms with Crippen LogP contribution >= 0.6 is 11.6 Å². The van der Waals surface area contributed by atoms with Gasteiger partial charge in [-0.3, -0.25) is 9.10 Å². The first-order valence-electron chi connectivity index (χ1n) is 8.01. The topological polar surface area (TPSA) is 66.9 Å². The summed E-state index contributed by atoms with van der Waals surface area (Å²) in [7, 11) is -2.29. The highest BCUT2D eigenvalue weighted by molar-refractivity contribution is 7.92. The molecule has 2 aromatic carbocycles. The quantitative estimate of drug-likeness (QED) is 0.782. The average Bonchev–Trinajstić information content (AvgIpc) is 3.02. The van der Waals surface area contributed by atoms with Crippen molar-refractivity contribution >= 4 is 38.9 Å². The van der Waals surface area contributed by atoms with E-state index in [2.05, 4.69) is 0 Å². The Bertz CT molecular complexity index is 946. The molecule has 0 saturated heterocycles. The third-order valence-corrected chi connectivity index (χ3v) is 5.64. The highest BCUT2D eigenvalue weighted by atomic mass is 35.5. The number of para-hydroxylation sites is 1. The summed E-state index contributed by atoms with van der Waals surface area (Å²) >= 11 is 6.03. The van der Waals surface area contributed by atoms with Gasteiger partial charge in [-0.1, -0.05) is 29.8 Å². The largest absolute Gasteiger partial charge is 0.495 e. The van der Waals surface area contributed by atoms with Gasteiger partial charge < -0.3 is 9.64 Å². The Morgan fingerprint density at radius 2 is 2.00 bits per heavy atom. The van der Waals surface area contributed by atoms with Crippen LogP contribution < -0.4 is 13.9 Å². The Morgan fingerprint density at radius 1 is 1.27 bits per heavy atom. The second kappa shape index (κ2) is 7.17. The standard InChI is InChI=1S/C18H19ClN2O4S/c1-25-17-8-7-14(19)11-16(17)21(26(2,23)24)12-18(22)20-10-9-13-5-3-4-6-15(13)20/h3-8,11H,9-10,12H2,1-2H3. The van der Waals surface area contributed by atoms with Crippen LogP contribution in [0.1, 0.15) is 5.56 Å². The molecule has 1 aliphatic rings. The molecule has 6 nitrogen and oxygen atoms in total. The normalized spacial score (nSPS) is 13.4. The molecule has 26 heavy (non-hydrogen) atoms. The summed E-state index contributed by atoms with van der Waals surface area (Å²) in [4.78, 5) is 14.5. The second-order valence-corrected chi connectivity index (χ2v) is 8.35. The van der Waals surface area contributed by atoms with Gasteiger partial charge >= 0.3 is 0 Å². The summed E-state index contributed by atoms with van der Waals surface area (Å²) < 4.78 is 31.0. The minimum Gasteiger partial charge on any atom is -0.495 e. The predicted molar refractivity (Wildman–Crippen MR) is 103 cm³/mol. The minimum atomic E-state index is -3.72. The Labute approximate surface area is 158 Å². The number of sulfonamides is 1. The van der Waals surface area contributed by atoms with Gasteiger partial charge in [-0.15, -0.1) is 0 Å². The van der Waals surface area contributed by atoms with Gasteiger partial charge in [-0.05, 0) is 36.2 Å². The van der Waals surface area contributed by atoms with Crippen LogP contribution in [-0.2, 0) is 21.2 Å². The zero-order valence-corrected chi connectivity index (χ0v) is 16.0. The number of fused-ring (bicyclic) bond motifs is 1. The first kappa shape index (κ1) is 18.5. The Morgan fingerprint density at radius 3 is 2.69 bits per heavy atom. The van der Waals surface area contributed by atoms with E-state index in [1.165, 1.54) is 13.2 Å². The summed E-state index contributed by atoms with van der Waals surface area (Å²) in [5.41, 5.74) is 2.14. The number of methoxy groups -OCH3 is 1. The number of benzene rings is 2. The molecule has 3 rings (SSSR count). The number of halogens is 1. The maximum absolute atomic E-state index is 12.9. The van der Waals surface area contributed by atoms with Gasteiger partial charge in [-0.2, -0.15) is 0 Å². The fourth-order valence-electron chi connectivity index (χ4n) is 3.04. The third-order valence-electron chi connectivity index (χ3n) is 4.28. The number of nitrogens with zero attached hydrogens (tertiary/aromatic N) is 2. The molecule has 0 aromatic heterocycles. The molecule has 0 bridgehead atoms. The molecule has 0 aliphatic carbocycles. The molecule has 1 aliphatic heterocycles. The summed E-state index contributed by atoms with van der Waals surface area (Å²) in [6.07, 6.45) is 1.81. The van der Waals surface area contributed by atoms with Gasteiger partial charge in [0.25, 0.3) is 0 Å². The molecular weight excluding hydrogens is 376 g/mol. The van der Waals surface area contributed by atoms with Crippen molar-refractivity contribution in [1.82, 2.24) is 0 Å². The zero-order valence-electron chi connectivity index (χ0n) is 14.5. The van der Waals surface area contributed by atoms with Crippen molar-refractivity contribution in [1.29, 1.82) is 0 Å². The van der Waals surface area contributed by atoms with Crippen molar-refractivity contribution in [3.05, 3.63) is 53.1 Å². The number of amides is 1. The van der Waals surface area contributed by atoms with E-state index in [0.717, 1.165) is 28.2 Å². The molecule has 138 valence electrons. The molecule has 0 spiro atoms. The van der Waals surface area contributed by atoms with E-state index < -0.39 is 10.0 Å². The lowest BCUT2D eigenvalue weighted by Crippen LogP contribution is -2.42. The van der Waals surface area contributed by atoms with Gasteiger partial charge in [0.05, 0.1) is 19.1 Å². The maximum Gasteiger partial charge on any atom is 0.247 e. The van der Waals surface area contributed by atoms with E-state index in [1.807, 2.05) is 24.3 Å². The lowest BCUT2D eigenvalue weighted by molar-refractivity contribution is -0.117. The van der Waals surface area contributed by atoms with Gasteiger partial charge in [0, 0.05) is 17.3 Å². The van der Waals surface area contributed by atoms with Crippen LogP contribution in [-0.4, -0.2) is 40.8 Å². The minimum absolute atomic E-state index is 0.239. The van der Waals surface area contributed by atoms with E-state index >= 15 is 0 Å². The molecule has 0 unspecified atom stereocenters. The van der Waals surface area contributed by atoms with Gasteiger partial charge in [0.1, 0.15) is 12.3 Å². The zero-order chi connectivity index (χ0) is 18.9. The van der Waals surface area contributed by atoms with Crippen LogP contribution in [0.5, 0.6) is 5.75 Å². The molecule has 0 saturated carbocycles. The molecule has 0 radical (unpaired) electrons. The molecule has 1 amide bonds. The number of hydrogen-bond acceptors (Lipinski definition) is 4. The summed E-state index contributed by atoms with van der Waals surface area (Å²) in [5, 5.41) is 0.355. The molecule has 0 N–H and O–H groups in total. The SMILES string of the molecule is COc1ccc(Cl)cc1N(CC(=O)N1CCc2ccccc21)S(C)(=O)=O. The van der Waals surface area contributed by atoms with Crippen LogP contribution in [0.2, 0.25) is 5.02 Å². The lowest BCUT2D eigenvalue weighted by Gasteiger charge is -2.26. The Balaban J connectivity index is 1.94. The van der Waals surface area contributed by atoms with Crippen molar-refractivity contribution in [3.63, 3.8) is 0 Å². The fraction of sp³-hybridized carbons (Fsp3) is 0.278. The van der Waals surface area contributed by atoms with Crippen LogP contribution in [0.3, 0.4) is 0 Å². The summed E-state index contributed by atoms with van der Waals surface area (Å²) in [6.45, 7) is 0.201. The Hall–Kier alpha value is -2.25. The van der Waals surface area contributed by atoms with E-state index in [1.54, 1.807) is 17.0 Å². The Kier molecular flexibility index (Phi) is 5.11. The smallest absolute Gasteiger partial charge is 0.247 e. The van der Waals surface area contributed by atoms with Gasteiger partial charge in [0.2, 0.25) is 15.9 Å². The lowest BCUT2D eigenvalue weighted by atomic mass is 10.2. The maximum atomic E-state index is 12.9. The number of carbonyl (C=O) groups is 1. The number of carbonyl (C=O) groups excluding carboxylic acids is 1. The molecule has 0 atom stereocenters. The molecule has 0 fully saturated rings. The van der Waals surface area contributed by atoms with Crippen LogP contribution in [0.15, 0.2) is 42.5 Å². The van der Waals surface area contributed by atoms with Gasteiger partial charge in [0.15, 0.2) is 0 Å². The van der Waals surface area contributed by atoms with E-state index in [0.29, 0.717) is 17.3 Å². The number of ether oxygens (including phenoxy) is 1. The van der Waals surface area contributed by atoms with E-state index in [9.17, 15) is 13.2 Å². The van der Waals surface area contributed by atoms with E-state index in [4.69, 9.17) is 16.3 Å². The summed E-state index contributed by atoms with van der Waals surface area (Å²) in [5.74, 6) is 0.0249. The monoisotopic (exact) mass is 394 g/mol. The highest BCUT2D eigenvalue weighted by Crippen LogP contribution is 2.33. The van der Waals surface area contributed by atoms with Crippen molar-refractivity contribution in [3.8, 4) is 5.75 Å². The second-order valence-electron chi connectivity index (χ2n) is 6.01.